The summed E-state index contributed by atoms with van der Waals surface area (Å²) in [7, 11) is 0. The number of halogens is 1. The van der Waals surface area contributed by atoms with Crippen molar-refractivity contribution in [2.24, 2.45) is 5.92 Å². The van der Waals surface area contributed by atoms with Crippen LogP contribution < -0.4 is 5.32 Å². The minimum absolute atomic E-state index is 0.0762. The van der Waals surface area contributed by atoms with Crippen molar-refractivity contribution in [3.8, 4) is 0 Å². The monoisotopic (exact) mass is 522 g/mol. The molecule has 0 aliphatic carbocycles. The van der Waals surface area contributed by atoms with Crippen molar-refractivity contribution in [3.05, 3.63) is 106 Å². The van der Waals surface area contributed by atoms with E-state index in [1.165, 1.54) is 11.1 Å². The number of thioether (sulfide) groups is 1. The number of amides is 2. The van der Waals surface area contributed by atoms with Crippen LogP contribution >= 0.6 is 23.4 Å². The predicted molar refractivity (Wildman–Crippen MR) is 151 cm³/mol. The van der Waals surface area contributed by atoms with Gasteiger partial charge in [0.25, 0.3) is 0 Å². The zero-order valence-electron chi connectivity index (χ0n) is 21.2. The van der Waals surface area contributed by atoms with Gasteiger partial charge in [-0.15, -0.1) is 11.8 Å². The molecule has 0 aliphatic heterocycles. The first-order valence-electron chi connectivity index (χ1n) is 12.3. The number of carbonyl (C=O) groups is 2. The standard InChI is InChI=1S/C30H35ClN2O2S/c1-22(2)18-32-30(35)28(17-24-9-5-4-6-10-24)33(19-26-11-7-8-12-27(26)31)29(34)21-36-20-25-15-13-23(3)14-16-25/h4-16,22,28H,17-21H2,1-3H3,(H,32,35)/t28-/m1/s1. The molecule has 1 atom stereocenters. The van der Waals surface area contributed by atoms with E-state index < -0.39 is 6.04 Å². The number of hydrogen-bond donors (Lipinski definition) is 1. The molecule has 0 saturated carbocycles. The minimum Gasteiger partial charge on any atom is -0.354 e. The van der Waals surface area contributed by atoms with Gasteiger partial charge in [-0.05, 0) is 35.6 Å². The van der Waals surface area contributed by atoms with Crippen LogP contribution in [0.25, 0.3) is 0 Å². The third-order valence-corrected chi connectivity index (χ3v) is 7.23. The second-order valence-electron chi connectivity index (χ2n) is 9.44. The number of benzene rings is 3. The zero-order chi connectivity index (χ0) is 25.9. The largest absolute Gasteiger partial charge is 0.354 e. The average Bonchev–Trinajstić information content (AvgIpc) is 2.87. The van der Waals surface area contributed by atoms with E-state index in [-0.39, 0.29) is 24.1 Å². The third-order valence-electron chi connectivity index (χ3n) is 5.87. The Kier molecular flexibility index (Phi) is 10.9. The van der Waals surface area contributed by atoms with Gasteiger partial charge in [-0.1, -0.05) is 104 Å². The van der Waals surface area contributed by atoms with Gasteiger partial charge < -0.3 is 10.2 Å². The first-order chi connectivity index (χ1) is 17.3. The highest BCUT2D eigenvalue weighted by Crippen LogP contribution is 2.22. The number of aryl methyl sites for hydroxylation is 1. The summed E-state index contributed by atoms with van der Waals surface area (Å²) in [5.74, 6) is 1.10. The SMILES string of the molecule is Cc1ccc(CSCC(=O)N(Cc2ccccc2Cl)[C@H](Cc2ccccc2)C(=O)NCC(C)C)cc1. The summed E-state index contributed by atoms with van der Waals surface area (Å²) in [5.41, 5.74) is 4.21. The lowest BCUT2D eigenvalue weighted by Crippen LogP contribution is -2.51. The molecule has 4 nitrogen and oxygen atoms in total. The number of rotatable bonds is 12. The van der Waals surface area contributed by atoms with Gasteiger partial charge in [0.15, 0.2) is 0 Å². The molecule has 190 valence electrons. The molecule has 36 heavy (non-hydrogen) atoms. The Morgan fingerprint density at radius 1 is 0.917 bits per heavy atom. The van der Waals surface area contributed by atoms with Crippen LogP contribution in [-0.4, -0.2) is 35.1 Å². The Labute approximate surface area is 224 Å². The lowest BCUT2D eigenvalue weighted by Gasteiger charge is -2.32. The molecule has 1 N–H and O–H groups in total. The molecule has 0 saturated heterocycles. The molecule has 0 aliphatic rings. The minimum atomic E-state index is -0.644. The topological polar surface area (TPSA) is 49.4 Å². The molecule has 0 heterocycles. The van der Waals surface area contributed by atoms with Crippen molar-refractivity contribution in [3.63, 3.8) is 0 Å². The van der Waals surface area contributed by atoms with Gasteiger partial charge in [0.2, 0.25) is 11.8 Å². The Bertz CT molecular complexity index is 1120. The lowest BCUT2D eigenvalue weighted by atomic mass is 10.0. The number of carbonyl (C=O) groups excluding carboxylic acids is 2. The van der Waals surface area contributed by atoms with E-state index >= 15 is 0 Å². The molecule has 0 fully saturated rings. The smallest absolute Gasteiger partial charge is 0.243 e. The molecule has 0 radical (unpaired) electrons. The summed E-state index contributed by atoms with van der Waals surface area (Å²) in [4.78, 5) is 28.8. The van der Waals surface area contributed by atoms with E-state index in [1.807, 2.05) is 54.6 Å². The summed E-state index contributed by atoms with van der Waals surface area (Å²) >= 11 is 8.03. The molecule has 6 heteroatoms. The lowest BCUT2D eigenvalue weighted by molar-refractivity contribution is -0.139. The average molecular weight is 523 g/mol. The van der Waals surface area contributed by atoms with Gasteiger partial charge in [-0.2, -0.15) is 0 Å². The van der Waals surface area contributed by atoms with Crippen molar-refractivity contribution in [2.45, 2.75) is 45.5 Å². The van der Waals surface area contributed by atoms with E-state index in [1.54, 1.807) is 16.7 Å². The molecule has 3 aromatic carbocycles. The van der Waals surface area contributed by atoms with E-state index in [0.717, 1.165) is 16.9 Å². The van der Waals surface area contributed by atoms with E-state index in [0.29, 0.717) is 23.9 Å². The Hall–Kier alpha value is -2.76. The second-order valence-corrected chi connectivity index (χ2v) is 10.8. The molecule has 0 spiro atoms. The molecule has 0 aromatic heterocycles. The highest BCUT2D eigenvalue weighted by molar-refractivity contribution is 7.99. The van der Waals surface area contributed by atoms with Crippen LogP contribution in [-0.2, 0) is 28.3 Å². The number of nitrogens with zero attached hydrogens (tertiary/aromatic N) is 1. The van der Waals surface area contributed by atoms with Gasteiger partial charge >= 0.3 is 0 Å². The van der Waals surface area contributed by atoms with Crippen molar-refractivity contribution >= 4 is 35.2 Å². The quantitative estimate of drug-likeness (QED) is 0.304. The van der Waals surface area contributed by atoms with Gasteiger partial charge in [0.1, 0.15) is 6.04 Å². The van der Waals surface area contributed by atoms with E-state index in [9.17, 15) is 9.59 Å². The van der Waals surface area contributed by atoms with Gasteiger partial charge in [0, 0.05) is 30.3 Å². The Morgan fingerprint density at radius 3 is 2.25 bits per heavy atom. The molecule has 3 rings (SSSR count). The fourth-order valence-corrected chi connectivity index (χ4v) is 4.88. The molecule has 0 unspecified atom stereocenters. The molecule has 0 bridgehead atoms. The van der Waals surface area contributed by atoms with Crippen LogP contribution in [0.4, 0.5) is 0 Å². The van der Waals surface area contributed by atoms with Crippen molar-refractivity contribution in [1.29, 1.82) is 0 Å². The maximum atomic E-state index is 13.7. The molecule has 2 amide bonds. The van der Waals surface area contributed by atoms with Crippen LogP contribution in [0, 0.1) is 12.8 Å². The predicted octanol–water partition coefficient (Wildman–Crippen LogP) is 6.29. The fraction of sp³-hybridized carbons (Fsp3) is 0.333. The summed E-state index contributed by atoms with van der Waals surface area (Å²) in [6.45, 7) is 7.00. The third kappa shape index (κ3) is 8.72. The first-order valence-corrected chi connectivity index (χ1v) is 13.8. The normalized spacial score (nSPS) is 11.8. The van der Waals surface area contributed by atoms with Gasteiger partial charge in [0.05, 0.1) is 5.75 Å². The van der Waals surface area contributed by atoms with Crippen LogP contribution in [0.3, 0.4) is 0 Å². The van der Waals surface area contributed by atoms with E-state index in [4.69, 9.17) is 11.6 Å². The zero-order valence-corrected chi connectivity index (χ0v) is 22.8. The summed E-state index contributed by atoms with van der Waals surface area (Å²) in [6, 6.07) is 25.0. The number of nitrogens with one attached hydrogen (secondary N) is 1. The summed E-state index contributed by atoms with van der Waals surface area (Å²) in [6.07, 6.45) is 0.434. The maximum Gasteiger partial charge on any atom is 0.243 e. The van der Waals surface area contributed by atoms with Crippen molar-refractivity contribution in [2.75, 3.05) is 12.3 Å². The van der Waals surface area contributed by atoms with Gasteiger partial charge in [-0.25, -0.2) is 0 Å². The van der Waals surface area contributed by atoms with Gasteiger partial charge in [-0.3, -0.25) is 9.59 Å². The first kappa shape index (κ1) is 27.8. The molecular weight excluding hydrogens is 488 g/mol. The Balaban J connectivity index is 1.84. The molecule has 3 aromatic rings. The summed E-state index contributed by atoms with van der Waals surface area (Å²) < 4.78 is 0. The van der Waals surface area contributed by atoms with Crippen LogP contribution in [0.15, 0.2) is 78.9 Å². The Morgan fingerprint density at radius 2 is 1.58 bits per heavy atom. The summed E-state index contributed by atoms with van der Waals surface area (Å²) in [5, 5.41) is 3.64. The van der Waals surface area contributed by atoms with Crippen LogP contribution in [0.1, 0.15) is 36.1 Å². The van der Waals surface area contributed by atoms with Crippen molar-refractivity contribution in [1.82, 2.24) is 10.2 Å². The van der Waals surface area contributed by atoms with Crippen molar-refractivity contribution < 1.29 is 9.59 Å². The highest BCUT2D eigenvalue weighted by atomic mass is 35.5. The highest BCUT2D eigenvalue weighted by Gasteiger charge is 2.30. The number of hydrogen-bond acceptors (Lipinski definition) is 3. The maximum absolute atomic E-state index is 13.7. The van der Waals surface area contributed by atoms with E-state index in [2.05, 4.69) is 50.4 Å². The second kappa shape index (κ2) is 14.1. The molecular formula is C30H35ClN2O2S. The van der Waals surface area contributed by atoms with Crippen LogP contribution in [0.2, 0.25) is 5.02 Å². The van der Waals surface area contributed by atoms with Crippen LogP contribution in [0.5, 0.6) is 0 Å². The fourth-order valence-electron chi connectivity index (χ4n) is 3.81.